The van der Waals surface area contributed by atoms with Crippen LogP contribution >= 0.6 is 11.6 Å². The Kier molecular flexibility index (Phi) is 6.26. The van der Waals surface area contributed by atoms with Crippen molar-refractivity contribution >= 4 is 35.2 Å². The second-order valence-electron chi connectivity index (χ2n) is 8.83. The van der Waals surface area contributed by atoms with E-state index in [1.807, 2.05) is 71.8 Å². The van der Waals surface area contributed by atoms with Crippen LogP contribution in [0.3, 0.4) is 0 Å². The molecule has 3 aromatic carbocycles. The van der Waals surface area contributed by atoms with Gasteiger partial charge in [0.1, 0.15) is 6.04 Å². The van der Waals surface area contributed by atoms with Crippen LogP contribution in [0, 0.1) is 16.7 Å². The second kappa shape index (κ2) is 9.52. The molecule has 2 aliphatic rings. The normalized spacial score (nSPS) is 23.8. The van der Waals surface area contributed by atoms with Gasteiger partial charge in [0.2, 0.25) is 5.91 Å². The van der Waals surface area contributed by atoms with E-state index >= 15 is 0 Å². The maximum Gasteiger partial charge on any atom is 0.329 e. The predicted molar refractivity (Wildman–Crippen MR) is 138 cm³/mol. The number of hydrogen-bond donors (Lipinski definition) is 1. The van der Waals surface area contributed by atoms with Gasteiger partial charge >= 0.3 is 5.97 Å². The number of anilines is 1. The zero-order valence-corrected chi connectivity index (χ0v) is 20.4. The van der Waals surface area contributed by atoms with Gasteiger partial charge < -0.3 is 15.0 Å². The molecule has 6 nitrogen and oxygen atoms in total. The monoisotopic (exact) mass is 497 g/mol. The maximum atomic E-state index is 14.0. The van der Waals surface area contributed by atoms with Crippen molar-refractivity contribution in [3.63, 3.8) is 0 Å². The number of nitriles is 1. The minimum Gasteiger partial charge on any atom is -0.465 e. The van der Waals surface area contributed by atoms with Crippen molar-refractivity contribution < 1.29 is 14.3 Å². The maximum absolute atomic E-state index is 14.0. The lowest BCUT2D eigenvalue weighted by Crippen LogP contribution is -2.42. The summed E-state index contributed by atoms with van der Waals surface area (Å²) in [6.45, 7) is 1.84. The largest absolute Gasteiger partial charge is 0.465 e. The number of esters is 1. The van der Waals surface area contributed by atoms with Crippen molar-refractivity contribution in [1.29, 1.82) is 5.26 Å². The first-order chi connectivity index (χ1) is 17.5. The fraction of sp³-hybridized carbons (Fsp3) is 0.207. The molecule has 3 aromatic rings. The quantitative estimate of drug-likeness (QED) is 0.467. The molecule has 0 unspecified atom stereocenters. The molecule has 180 valence electrons. The van der Waals surface area contributed by atoms with E-state index in [9.17, 15) is 14.9 Å². The van der Waals surface area contributed by atoms with Gasteiger partial charge in [0.25, 0.3) is 0 Å². The summed E-state index contributed by atoms with van der Waals surface area (Å²) in [5.41, 5.74) is 1.31. The highest BCUT2D eigenvalue weighted by Crippen LogP contribution is 2.60. The van der Waals surface area contributed by atoms with E-state index < -0.39 is 29.4 Å². The Morgan fingerprint density at radius 3 is 2.44 bits per heavy atom. The lowest BCUT2D eigenvalue weighted by Gasteiger charge is -2.36. The second-order valence-corrected chi connectivity index (χ2v) is 9.26. The third-order valence-electron chi connectivity index (χ3n) is 6.91. The molecule has 1 amide bonds. The molecular weight excluding hydrogens is 474 g/mol. The van der Waals surface area contributed by atoms with Crippen LogP contribution in [0.1, 0.15) is 35.6 Å². The number of fused-ring (bicyclic) bond motifs is 3. The Labute approximate surface area is 214 Å². The zero-order valence-electron chi connectivity index (χ0n) is 19.6. The third-order valence-corrected chi connectivity index (χ3v) is 7.16. The van der Waals surface area contributed by atoms with Gasteiger partial charge in [0.05, 0.1) is 18.7 Å². The fourth-order valence-corrected chi connectivity index (χ4v) is 5.58. The lowest BCUT2D eigenvalue weighted by atomic mass is 9.67. The predicted octanol–water partition coefficient (Wildman–Crippen LogP) is 5.55. The third kappa shape index (κ3) is 3.73. The van der Waals surface area contributed by atoms with Crippen LogP contribution in [-0.4, -0.2) is 29.4 Å². The molecule has 0 aromatic heterocycles. The molecule has 36 heavy (non-hydrogen) atoms. The molecular formula is C29H24ClN3O3. The van der Waals surface area contributed by atoms with Crippen molar-refractivity contribution in [3.05, 3.63) is 107 Å². The number of benzene rings is 3. The molecule has 7 heteroatoms. The number of nitrogens with zero attached hydrogens (tertiary/aromatic N) is 2. The molecule has 4 atom stereocenters. The van der Waals surface area contributed by atoms with Gasteiger partial charge in [0, 0.05) is 22.8 Å². The lowest BCUT2D eigenvalue weighted by molar-refractivity contribution is -0.154. The molecule has 0 radical (unpaired) electrons. The Hall–Kier alpha value is -4.08. The van der Waals surface area contributed by atoms with Crippen LogP contribution in [0.5, 0.6) is 0 Å². The summed E-state index contributed by atoms with van der Waals surface area (Å²) < 4.78 is 5.54. The first-order valence-electron chi connectivity index (χ1n) is 11.8. The summed E-state index contributed by atoms with van der Waals surface area (Å²) in [6, 6.07) is 24.5. The van der Waals surface area contributed by atoms with E-state index in [2.05, 4.69) is 11.4 Å². The first kappa shape index (κ1) is 23.7. The first-order valence-corrected chi connectivity index (χ1v) is 12.1. The van der Waals surface area contributed by atoms with E-state index in [1.165, 1.54) is 0 Å². The van der Waals surface area contributed by atoms with Crippen LogP contribution in [0.25, 0.3) is 6.08 Å². The highest BCUT2D eigenvalue weighted by atomic mass is 35.5. The zero-order chi connectivity index (χ0) is 25.3. The number of carbonyl (C=O) groups excluding carboxylic acids is 2. The van der Waals surface area contributed by atoms with Crippen molar-refractivity contribution in [2.24, 2.45) is 5.41 Å². The van der Waals surface area contributed by atoms with E-state index in [1.54, 1.807) is 31.2 Å². The van der Waals surface area contributed by atoms with Crippen LogP contribution in [0.15, 0.2) is 85.1 Å². The van der Waals surface area contributed by atoms with Gasteiger partial charge in [-0.3, -0.25) is 9.59 Å². The van der Waals surface area contributed by atoms with Crippen molar-refractivity contribution in [3.8, 4) is 6.07 Å². The number of ether oxygens (including phenoxy) is 1. The van der Waals surface area contributed by atoms with Crippen molar-refractivity contribution in [2.45, 2.75) is 24.9 Å². The summed E-state index contributed by atoms with van der Waals surface area (Å²) in [4.78, 5) is 29.6. The Morgan fingerprint density at radius 2 is 1.75 bits per heavy atom. The number of amides is 1. The Bertz CT molecular complexity index is 1370. The summed E-state index contributed by atoms with van der Waals surface area (Å²) in [7, 11) is 0. The summed E-state index contributed by atoms with van der Waals surface area (Å²) in [5, 5.41) is 14.3. The van der Waals surface area contributed by atoms with E-state index in [0.717, 1.165) is 11.1 Å². The summed E-state index contributed by atoms with van der Waals surface area (Å²) in [5.74, 6) is -1.76. The Balaban J connectivity index is 1.72. The van der Waals surface area contributed by atoms with E-state index in [0.29, 0.717) is 16.3 Å². The van der Waals surface area contributed by atoms with Gasteiger partial charge in [-0.25, -0.2) is 0 Å². The van der Waals surface area contributed by atoms with Crippen molar-refractivity contribution in [2.75, 3.05) is 11.9 Å². The number of nitrogens with one attached hydrogen (secondary N) is 1. The minimum absolute atomic E-state index is 0.121. The average Bonchev–Trinajstić information content (AvgIpc) is 3.22. The Morgan fingerprint density at radius 1 is 1.06 bits per heavy atom. The molecule has 5 rings (SSSR count). The van der Waals surface area contributed by atoms with Crippen molar-refractivity contribution in [1.82, 2.24) is 4.90 Å². The number of halogens is 1. The van der Waals surface area contributed by atoms with Gasteiger partial charge in [-0.1, -0.05) is 66.2 Å². The van der Waals surface area contributed by atoms with Crippen LogP contribution < -0.4 is 5.32 Å². The molecule has 1 saturated heterocycles. The molecule has 0 spiro atoms. The fourth-order valence-electron chi connectivity index (χ4n) is 5.46. The summed E-state index contributed by atoms with van der Waals surface area (Å²) in [6.07, 6.45) is 3.72. The molecule has 1 fully saturated rings. The molecule has 0 bridgehead atoms. The molecule has 2 aliphatic heterocycles. The topological polar surface area (TPSA) is 82.4 Å². The number of rotatable bonds is 5. The smallest absolute Gasteiger partial charge is 0.329 e. The standard InChI is InChI=1S/C29H24ClN3O3/c1-2-36-28(35)29(18-31)24(20-9-4-3-5-10-20)25(27(34)32-22-14-12-21(30)13-15-22)33-17-16-19-8-6-7-11-23(19)26(29)33/h3-17,24-26H,2H2,1H3,(H,32,34)/t24-,25+,26-,29-/m1/s1. The number of hydrogen-bond acceptors (Lipinski definition) is 5. The van der Waals surface area contributed by atoms with Crippen LogP contribution in [0.4, 0.5) is 5.69 Å². The van der Waals surface area contributed by atoms with Gasteiger partial charge in [-0.2, -0.15) is 5.26 Å². The van der Waals surface area contributed by atoms with E-state index in [-0.39, 0.29) is 12.5 Å². The molecule has 0 saturated carbocycles. The van der Waals surface area contributed by atoms with Gasteiger partial charge in [-0.05, 0) is 54.0 Å². The highest BCUT2D eigenvalue weighted by Gasteiger charge is 2.67. The molecule has 2 heterocycles. The van der Waals surface area contributed by atoms with Gasteiger partial charge in [0.15, 0.2) is 5.41 Å². The van der Waals surface area contributed by atoms with Crippen LogP contribution in [-0.2, 0) is 14.3 Å². The SMILES string of the molecule is CCOC(=O)[C@]1(C#N)[C@H](c2ccccc2)[C@@H](C(=O)Nc2ccc(Cl)cc2)N2C=Cc3ccccc3[C@@H]21. The molecule has 0 aliphatic carbocycles. The highest BCUT2D eigenvalue weighted by molar-refractivity contribution is 6.30. The molecule has 1 N–H and O–H groups in total. The van der Waals surface area contributed by atoms with Gasteiger partial charge in [-0.15, -0.1) is 0 Å². The minimum atomic E-state index is -1.67. The summed E-state index contributed by atoms with van der Waals surface area (Å²) >= 11 is 6.02. The number of carbonyl (C=O) groups is 2. The van der Waals surface area contributed by atoms with E-state index in [4.69, 9.17) is 16.3 Å². The van der Waals surface area contributed by atoms with Crippen LogP contribution in [0.2, 0.25) is 5.02 Å². The average molecular weight is 498 g/mol.